The average Bonchev–Trinajstić information content (AvgIpc) is 2.50. The van der Waals surface area contributed by atoms with Gasteiger partial charge in [0.15, 0.2) is 0 Å². The Morgan fingerprint density at radius 1 is 1.04 bits per heavy atom. The van der Waals surface area contributed by atoms with Gasteiger partial charge in [0, 0.05) is 12.6 Å². The van der Waals surface area contributed by atoms with Crippen LogP contribution in [0.1, 0.15) is 17.2 Å². The quantitative estimate of drug-likeness (QED) is 0.845. The number of benzene rings is 2. The first-order chi connectivity index (χ1) is 10.9. The van der Waals surface area contributed by atoms with E-state index in [2.05, 4.69) is 4.72 Å². The Bertz CT molecular complexity index is 716. The zero-order valence-electron chi connectivity index (χ0n) is 13.2. The number of halogens is 1. The highest BCUT2D eigenvalue weighted by molar-refractivity contribution is 7.88. The van der Waals surface area contributed by atoms with Gasteiger partial charge in [-0.2, -0.15) is 0 Å². The van der Waals surface area contributed by atoms with Crippen molar-refractivity contribution in [3.8, 4) is 0 Å². The highest BCUT2D eigenvalue weighted by Crippen LogP contribution is 2.17. The number of hydrogen-bond acceptors (Lipinski definition) is 3. The van der Waals surface area contributed by atoms with E-state index in [-0.39, 0.29) is 24.2 Å². The van der Waals surface area contributed by atoms with Crippen molar-refractivity contribution in [3.63, 3.8) is 0 Å². The van der Waals surface area contributed by atoms with Gasteiger partial charge in [-0.1, -0.05) is 42.5 Å². The third-order valence-electron chi connectivity index (χ3n) is 3.57. The first-order valence-corrected chi connectivity index (χ1v) is 8.96. The summed E-state index contributed by atoms with van der Waals surface area (Å²) in [6.07, 6.45) is 0. The van der Waals surface area contributed by atoms with E-state index in [4.69, 9.17) is 0 Å². The summed E-state index contributed by atoms with van der Waals surface area (Å²) in [4.78, 5) is 1.97. The van der Waals surface area contributed by atoms with E-state index in [0.717, 1.165) is 5.56 Å². The van der Waals surface area contributed by atoms with Gasteiger partial charge >= 0.3 is 0 Å². The number of nitrogens with zero attached hydrogens (tertiary/aromatic N) is 1. The summed E-state index contributed by atoms with van der Waals surface area (Å²) in [5.74, 6) is -0.543. The van der Waals surface area contributed by atoms with Crippen molar-refractivity contribution in [1.82, 2.24) is 9.62 Å². The zero-order chi connectivity index (χ0) is 16.9. The minimum absolute atomic E-state index is 0.0563. The number of hydrogen-bond donors (Lipinski definition) is 1. The van der Waals surface area contributed by atoms with Crippen LogP contribution in [0.2, 0.25) is 0 Å². The third kappa shape index (κ3) is 5.42. The summed E-state index contributed by atoms with van der Waals surface area (Å²) in [6.45, 7) is 0.278. The van der Waals surface area contributed by atoms with E-state index in [0.29, 0.717) is 5.56 Å². The van der Waals surface area contributed by atoms with Crippen LogP contribution < -0.4 is 4.72 Å². The number of nitrogens with one attached hydrogen (secondary N) is 1. The molecule has 124 valence electrons. The van der Waals surface area contributed by atoms with Crippen molar-refractivity contribution < 1.29 is 12.8 Å². The summed E-state index contributed by atoms with van der Waals surface area (Å²) >= 11 is 0. The molecule has 0 aromatic heterocycles. The lowest BCUT2D eigenvalue weighted by Gasteiger charge is -2.25. The van der Waals surface area contributed by atoms with Crippen LogP contribution in [0.4, 0.5) is 4.39 Å². The van der Waals surface area contributed by atoms with Crippen LogP contribution in [0.15, 0.2) is 54.6 Å². The number of sulfonamides is 1. The molecule has 2 aromatic carbocycles. The molecule has 1 unspecified atom stereocenters. The lowest BCUT2D eigenvalue weighted by atomic mass is 10.1. The second-order valence-corrected chi connectivity index (χ2v) is 7.43. The Labute approximate surface area is 137 Å². The molecule has 0 heterocycles. The smallest absolute Gasteiger partial charge is 0.215 e. The maximum Gasteiger partial charge on any atom is 0.215 e. The van der Waals surface area contributed by atoms with Crippen LogP contribution in [0.5, 0.6) is 0 Å². The monoisotopic (exact) mass is 336 g/mol. The minimum Gasteiger partial charge on any atom is -0.301 e. The first-order valence-electron chi connectivity index (χ1n) is 7.30. The van der Waals surface area contributed by atoms with Crippen molar-refractivity contribution in [2.75, 3.05) is 20.6 Å². The van der Waals surface area contributed by atoms with Gasteiger partial charge in [0.1, 0.15) is 5.82 Å². The summed E-state index contributed by atoms with van der Waals surface area (Å²) in [5.41, 5.74) is 1.60. The molecular formula is C17H21FN2O2S. The maximum atomic E-state index is 12.9. The molecule has 0 fully saturated rings. The van der Waals surface area contributed by atoms with E-state index in [1.54, 1.807) is 0 Å². The van der Waals surface area contributed by atoms with Crippen LogP contribution >= 0.6 is 0 Å². The fourth-order valence-electron chi connectivity index (χ4n) is 2.33. The molecule has 1 N–H and O–H groups in total. The molecule has 2 aromatic rings. The van der Waals surface area contributed by atoms with Gasteiger partial charge in [0.25, 0.3) is 0 Å². The number of likely N-dealkylation sites (N-methyl/N-ethyl adjacent to an activating group) is 1. The minimum atomic E-state index is -3.48. The standard InChI is InChI=1S/C17H21FN2O2S/c1-20(2)17(15-6-4-3-5-7-15)12-19-23(21,22)13-14-8-10-16(18)11-9-14/h3-11,17,19H,12-13H2,1-2H3. The van der Waals surface area contributed by atoms with E-state index in [1.165, 1.54) is 24.3 Å². The summed E-state index contributed by atoms with van der Waals surface area (Å²) in [6, 6.07) is 15.2. The average molecular weight is 336 g/mol. The molecule has 0 aliphatic carbocycles. The zero-order valence-corrected chi connectivity index (χ0v) is 14.1. The highest BCUT2D eigenvalue weighted by Gasteiger charge is 2.18. The van der Waals surface area contributed by atoms with Crippen molar-refractivity contribution in [1.29, 1.82) is 0 Å². The largest absolute Gasteiger partial charge is 0.301 e. The molecule has 6 heteroatoms. The Hall–Kier alpha value is -1.76. The molecular weight excluding hydrogens is 315 g/mol. The summed E-state index contributed by atoms with van der Waals surface area (Å²) in [5, 5.41) is 0. The Balaban J connectivity index is 2.03. The van der Waals surface area contributed by atoms with Crippen LogP contribution in [0.25, 0.3) is 0 Å². The second kappa shape index (κ2) is 7.68. The van der Waals surface area contributed by atoms with Crippen LogP contribution in [0.3, 0.4) is 0 Å². The fourth-order valence-corrected chi connectivity index (χ4v) is 3.48. The Morgan fingerprint density at radius 2 is 1.65 bits per heavy atom. The Morgan fingerprint density at radius 3 is 2.22 bits per heavy atom. The molecule has 0 radical (unpaired) electrons. The van der Waals surface area contributed by atoms with Crippen molar-refractivity contribution in [2.45, 2.75) is 11.8 Å². The highest BCUT2D eigenvalue weighted by atomic mass is 32.2. The van der Waals surface area contributed by atoms with Gasteiger partial charge in [-0.15, -0.1) is 0 Å². The lowest BCUT2D eigenvalue weighted by molar-refractivity contribution is 0.299. The molecule has 0 amide bonds. The molecule has 4 nitrogen and oxygen atoms in total. The van der Waals surface area contributed by atoms with Gasteiger partial charge in [0.2, 0.25) is 10.0 Å². The van der Waals surface area contributed by atoms with E-state index in [1.807, 2.05) is 49.3 Å². The summed E-state index contributed by atoms with van der Waals surface area (Å²) in [7, 11) is 0.334. The maximum absolute atomic E-state index is 12.9. The van der Waals surface area contributed by atoms with Crippen LogP contribution in [-0.4, -0.2) is 34.0 Å². The summed E-state index contributed by atoms with van der Waals surface area (Å²) < 4.78 is 40.0. The molecule has 0 spiro atoms. The first kappa shape index (κ1) is 17.6. The predicted molar refractivity (Wildman–Crippen MR) is 89.9 cm³/mol. The van der Waals surface area contributed by atoms with E-state index in [9.17, 15) is 12.8 Å². The van der Waals surface area contributed by atoms with Gasteiger partial charge < -0.3 is 4.90 Å². The van der Waals surface area contributed by atoms with Gasteiger partial charge in [0.05, 0.1) is 5.75 Å². The molecule has 0 aliphatic rings. The molecule has 0 aliphatic heterocycles. The molecule has 0 bridgehead atoms. The molecule has 2 rings (SSSR count). The molecule has 1 atom stereocenters. The number of rotatable bonds is 7. The van der Waals surface area contributed by atoms with Gasteiger partial charge in [-0.05, 0) is 37.4 Å². The molecule has 23 heavy (non-hydrogen) atoms. The third-order valence-corrected chi connectivity index (χ3v) is 4.89. The topological polar surface area (TPSA) is 49.4 Å². The lowest BCUT2D eigenvalue weighted by Crippen LogP contribution is -2.35. The fraction of sp³-hybridized carbons (Fsp3) is 0.294. The van der Waals surface area contributed by atoms with Crippen molar-refractivity contribution >= 4 is 10.0 Å². The Kier molecular flexibility index (Phi) is 5.87. The SMILES string of the molecule is CN(C)C(CNS(=O)(=O)Cc1ccc(F)cc1)c1ccccc1. The molecule has 0 saturated carbocycles. The van der Waals surface area contributed by atoms with Crippen LogP contribution in [0, 0.1) is 5.82 Å². The van der Waals surface area contributed by atoms with Crippen molar-refractivity contribution in [3.05, 3.63) is 71.5 Å². The van der Waals surface area contributed by atoms with Crippen LogP contribution in [-0.2, 0) is 15.8 Å². The predicted octanol–water partition coefficient (Wildman–Crippen LogP) is 2.55. The van der Waals surface area contributed by atoms with E-state index >= 15 is 0 Å². The van der Waals surface area contributed by atoms with Crippen molar-refractivity contribution in [2.24, 2.45) is 0 Å². The molecule has 0 saturated heterocycles. The normalized spacial score (nSPS) is 13.2. The van der Waals surface area contributed by atoms with E-state index < -0.39 is 10.0 Å². The second-order valence-electron chi connectivity index (χ2n) is 5.62. The van der Waals surface area contributed by atoms with Gasteiger partial charge in [-0.3, -0.25) is 0 Å². The van der Waals surface area contributed by atoms with Gasteiger partial charge in [-0.25, -0.2) is 17.5 Å².